The van der Waals surface area contributed by atoms with E-state index in [9.17, 15) is 8.42 Å². The maximum Gasteiger partial charge on any atom is 0.400 e. The molecular formula is C58H82O24S. The molecule has 7 aliphatic heterocycles. The fourth-order valence-electron chi connectivity index (χ4n) is 10.5. The Morgan fingerprint density at radius 1 is 0.518 bits per heavy atom. The Labute approximate surface area is 486 Å². The molecule has 3 unspecified atom stereocenters. The second-order valence-corrected chi connectivity index (χ2v) is 22.7. The molecule has 7 heterocycles. The second-order valence-electron chi connectivity index (χ2n) is 21.5. The summed E-state index contributed by atoms with van der Waals surface area (Å²) in [6.07, 6.45) is -6.86. The van der Waals surface area contributed by atoms with Crippen molar-refractivity contribution in [2.45, 2.75) is 157 Å². The lowest BCUT2D eigenvalue weighted by Crippen LogP contribution is -2.56. The van der Waals surface area contributed by atoms with Gasteiger partial charge in [-0.1, -0.05) is 97.1 Å². The molecule has 16 atom stereocenters. The summed E-state index contributed by atoms with van der Waals surface area (Å²) in [6, 6.07) is 29.6. The molecule has 0 N–H and O–H groups in total. The Hall–Kier alpha value is -3.53. The van der Waals surface area contributed by atoms with Gasteiger partial charge in [0.15, 0.2) is 36.2 Å². The van der Waals surface area contributed by atoms with E-state index in [1.54, 1.807) is 27.0 Å². The van der Waals surface area contributed by atoms with Gasteiger partial charge in [0, 0.05) is 45.1 Å². The van der Waals surface area contributed by atoms with Crippen LogP contribution in [-0.4, -0.2) is 194 Å². The highest BCUT2D eigenvalue weighted by atomic mass is 32.3. The highest BCUT2D eigenvalue weighted by Gasteiger charge is 2.55. The van der Waals surface area contributed by atoms with Gasteiger partial charge in [0.1, 0.15) is 107 Å². The van der Waals surface area contributed by atoms with E-state index in [2.05, 4.69) is 6.58 Å². The maximum atomic E-state index is 11.9. The summed E-state index contributed by atoms with van der Waals surface area (Å²) in [5.41, 5.74) is 2.89. The first-order valence-corrected chi connectivity index (χ1v) is 28.8. The number of benzene rings is 3. The highest BCUT2D eigenvalue weighted by Crippen LogP contribution is 2.42. The van der Waals surface area contributed by atoms with Crippen molar-refractivity contribution in [1.82, 2.24) is 0 Å². The summed E-state index contributed by atoms with van der Waals surface area (Å²) in [7, 11) is 1.75. The third-order valence-corrected chi connectivity index (χ3v) is 14.7. The van der Waals surface area contributed by atoms with Gasteiger partial charge in [0.05, 0.1) is 33.0 Å². The van der Waals surface area contributed by atoms with E-state index in [-0.39, 0.29) is 77.0 Å². The Morgan fingerprint density at radius 3 is 1.39 bits per heavy atom. The van der Waals surface area contributed by atoms with Crippen molar-refractivity contribution in [3.8, 4) is 0 Å². The van der Waals surface area contributed by atoms with Crippen molar-refractivity contribution in [2.24, 2.45) is 0 Å². The first kappa shape index (κ1) is 65.4. The fraction of sp³-hybridized carbons (Fsp3) is 0.655. The largest absolute Gasteiger partial charge is 0.400 e. The number of rotatable bonds is 18. The van der Waals surface area contributed by atoms with E-state index < -0.39 is 89.4 Å². The third-order valence-electron chi connectivity index (χ3n) is 13.8. The molecule has 0 aliphatic carbocycles. The summed E-state index contributed by atoms with van der Waals surface area (Å²) >= 11 is 0. The quantitative estimate of drug-likeness (QED) is 0.0772. The van der Waals surface area contributed by atoms with Gasteiger partial charge in [-0.3, -0.25) is 0 Å². The fourth-order valence-corrected chi connectivity index (χ4v) is 11.4. The lowest BCUT2D eigenvalue weighted by Gasteiger charge is -2.42. The molecule has 24 nitrogen and oxygen atoms in total. The van der Waals surface area contributed by atoms with Crippen LogP contribution in [-0.2, 0) is 114 Å². The Morgan fingerprint density at radius 2 is 0.928 bits per heavy atom. The molecule has 83 heavy (non-hydrogen) atoms. The van der Waals surface area contributed by atoms with Crippen molar-refractivity contribution in [3.63, 3.8) is 0 Å². The zero-order valence-corrected chi connectivity index (χ0v) is 49.6. The van der Waals surface area contributed by atoms with Crippen LogP contribution in [0.1, 0.15) is 77.1 Å². The number of hydrogen-bond donors (Lipinski definition) is 0. The van der Waals surface area contributed by atoms with Crippen molar-refractivity contribution in [3.05, 3.63) is 120 Å². The van der Waals surface area contributed by atoms with E-state index >= 15 is 0 Å². The predicted molar refractivity (Wildman–Crippen MR) is 290 cm³/mol. The normalized spacial score (nSPS) is 34.5. The standard InChI is InChI=1S/C23H26O6.C19H26O6.C16H30O12S/c1-23(2)28-17-13-24-21(15-9-5-3-6-10-15)26-19(17)20-18(29-23)14-25-22(27-20)16-11-7-4-8-12-16;1-5-14-16(22-12-20-4)17-15(25-19(2,3)24-14)11-21-18(23-17)13-9-7-6-8-10-13;1-16(2)26-12-7-25-29(17,18)28-14(12)15(24-10-21-5)13(27-16)11(23-9-20-4)6-22-8-19-3/h3-12,17-22H,13-14H2,1-2H3;5-10,14-18H,1,11-12H2,2-4H3;11-15H,6-10H2,1-5H3/t17-,18-,19-,20-,21?,22?;14-,15-,16-,17-,18?;11-,12-,13-,14-,15-/m111/s1. The van der Waals surface area contributed by atoms with E-state index in [0.717, 1.165) is 16.7 Å². The van der Waals surface area contributed by atoms with Crippen molar-refractivity contribution >= 4 is 10.4 Å². The predicted octanol–water partition coefficient (Wildman–Crippen LogP) is 6.30. The lowest BCUT2D eigenvalue weighted by molar-refractivity contribution is -0.319. The number of hydrogen-bond acceptors (Lipinski definition) is 24. The van der Waals surface area contributed by atoms with E-state index in [1.807, 2.05) is 119 Å². The average Bonchev–Trinajstić information content (AvgIpc) is 3.84. The average molecular weight is 1200 g/mol. The highest BCUT2D eigenvalue weighted by molar-refractivity contribution is 7.81. The molecule has 25 heteroatoms. The van der Waals surface area contributed by atoms with Gasteiger partial charge in [-0.05, 0) is 41.5 Å². The molecule has 0 bridgehead atoms. The van der Waals surface area contributed by atoms with Crippen LogP contribution in [0.15, 0.2) is 104 Å². The van der Waals surface area contributed by atoms with Gasteiger partial charge in [-0.2, -0.15) is 8.42 Å². The van der Waals surface area contributed by atoms with Crippen LogP contribution < -0.4 is 0 Å². The van der Waals surface area contributed by atoms with Crippen LogP contribution in [0.5, 0.6) is 0 Å². The molecule has 0 saturated carbocycles. The Bertz CT molecular complexity index is 2430. The minimum atomic E-state index is -4.22. The zero-order chi connectivity index (χ0) is 59.2. The Balaban J connectivity index is 0.000000163. The number of methoxy groups -OCH3 is 4. The van der Waals surface area contributed by atoms with E-state index in [4.69, 9.17) is 103 Å². The molecule has 7 saturated heterocycles. The smallest absolute Gasteiger partial charge is 0.359 e. The molecule has 0 aromatic heterocycles. The lowest BCUT2D eigenvalue weighted by atomic mass is 9.99. The summed E-state index contributed by atoms with van der Waals surface area (Å²) in [6.45, 7) is 15.7. The molecule has 10 rings (SSSR count). The first-order chi connectivity index (χ1) is 39.9. The SMILES string of the molecule is C=C[C@H]1OC(C)(C)O[C@@H]2COC(c3ccccc3)O[C@H]2[C@@H]1OCOC.CC1(C)O[C@@H]2COC(c3ccccc3)O[C@H]2[C@@H]2OC(c3ccccc3)OC[C@H]2O1.COCOC[C@@H](OCOC)[C@H]1OC(C)(C)O[C@@H]2COS(=O)(=O)O[C@H]2[C@@H]1OCOC. The zero-order valence-electron chi connectivity index (χ0n) is 48.8. The van der Waals surface area contributed by atoms with Crippen LogP contribution in [0.3, 0.4) is 0 Å². The molecule has 0 amide bonds. The summed E-state index contributed by atoms with van der Waals surface area (Å²) in [5.74, 6) is -2.73. The van der Waals surface area contributed by atoms with Crippen LogP contribution in [0.4, 0.5) is 0 Å². The monoisotopic (exact) mass is 1190 g/mol. The van der Waals surface area contributed by atoms with Gasteiger partial charge in [-0.25, -0.2) is 8.37 Å². The number of fused-ring (bicyclic) bond motifs is 5. The van der Waals surface area contributed by atoms with Crippen molar-refractivity contribution in [1.29, 1.82) is 0 Å². The molecule has 7 fully saturated rings. The molecule has 7 aliphatic rings. The van der Waals surface area contributed by atoms with Gasteiger partial charge in [-0.15, -0.1) is 6.58 Å². The van der Waals surface area contributed by atoms with Crippen LogP contribution in [0, 0.1) is 0 Å². The molecule has 0 spiro atoms. The molecule has 3 aromatic rings. The van der Waals surface area contributed by atoms with Gasteiger partial charge < -0.3 is 94.7 Å². The third kappa shape index (κ3) is 18.0. The van der Waals surface area contributed by atoms with Gasteiger partial charge in [0.2, 0.25) is 0 Å². The molecule has 464 valence electrons. The van der Waals surface area contributed by atoms with E-state index in [1.165, 1.54) is 21.3 Å². The summed E-state index contributed by atoms with van der Waals surface area (Å²) in [5, 5.41) is 0. The maximum absolute atomic E-state index is 11.9. The van der Waals surface area contributed by atoms with Crippen molar-refractivity contribution < 1.29 is 112 Å². The topological polar surface area (TPSA) is 237 Å². The Kier molecular flexibility index (Phi) is 24.0. The van der Waals surface area contributed by atoms with Gasteiger partial charge in [0.25, 0.3) is 0 Å². The van der Waals surface area contributed by atoms with Crippen molar-refractivity contribution in [2.75, 3.05) is 88.6 Å². The number of ether oxygens (including phenoxy) is 20. The summed E-state index contributed by atoms with van der Waals surface area (Å²) in [4.78, 5) is 0. The van der Waals surface area contributed by atoms with Gasteiger partial charge >= 0.3 is 10.4 Å². The van der Waals surface area contributed by atoms with Crippen LogP contribution >= 0.6 is 0 Å². The van der Waals surface area contributed by atoms with Crippen LogP contribution in [0.25, 0.3) is 0 Å². The van der Waals surface area contributed by atoms with Crippen LogP contribution in [0.2, 0.25) is 0 Å². The first-order valence-electron chi connectivity index (χ1n) is 27.5. The second kappa shape index (κ2) is 30.4. The van der Waals surface area contributed by atoms with E-state index in [0.29, 0.717) is 19.8 Å². The molecule has 0 radical (unpaired) electrons. The minimum Gasteiger partial charge on any atom is -0.359 e. The molecular weight excluding hydrogens is 1110 g/mol. The minimum absolute atomic E-state index is 0.0216. The summed E-state index contributed by atoms with van der Waals surface area (Å²) < 4.78 is 150. The molecule has 3 aromatic carbocycles.